The van der Waals surface area contributed by atoms with E-state index < -0.39 is 0 Å². The van der Waals surface area contributed by atoms with Crippen LogP contribution in [0.5, 0.6) is 0 Å². The molecule has 2 N–H and O–H groups in total. The highest BCUT2D eigenvalue weighted by Crippen LogP contribution is 2.36. The zero-order valence-corrected chi connectivity index (χ0v) is 15.7. The van der Waals surface area contributed by atoms with E-state index in [1.54, 1.807) is 12.1 Å². The molecule has 1 atom stereocenters. The van der Waals surface area contributed by atoms with Gasteiger partial charge in [0, 0.05) is 23.9 Å². The summed E-state index contributed by atoms with van der Waals surface area (Å²) in [6, 6.07) is 9.31. The maximum atomic E-state index is 12.1. The number of nitriles is 1. The fraction of sp³-hybridized carbons (Fsp3) is 0.389. The zero-order chi connectivity index (χ0) is 18.4. The Balaban J connectivity index is 2.16. The van der Waals surface area contributed by atoms with Crippen molar-refractivity contribution in [2.75, 3.05) is 12.3 Å². The normalized spacial score (nSPS) is 17.2. The molecule has 5 nitrogen and oxygen atoms in total. The number of hydrogen-bond donors (Lipinski definition) is 2. The Morgan fingerprint density at radius 2 is 2.12 bits per heavy atom. The molecular formula is C18H20ClN3O2S. The Hall–Kier alpha value is -1.97. The highest BCUT2D eigenvalue weighted by Gasteiger charge is 2.29. The molecule has 0 fully saturated rings. The Morgan fingerprint density at radius 3 is 2.72 bits per heavy atom. The number of hydrogen-bond acceptors (Lipinski definition) is 4. The highest BCUT2D eigenvalue weighted by atomic mass is 35.5. The third-order valence-corrected chi connectivity index (χ3v) is 4.95. The molecular weight excluding hydrogens is 358 g/mol. The molecule has 1 aliphatic heterocycles. The summed E-state index contributed by atoms with van der Waals surface area (Å²) in [5, 5.41) is 16.2. The monoisotopic (exact) mass is 377 g/mol. The van der Waals surface area contributed by atoms with E-state index in [-0.39, 0.29) is 29.9 Å². The van der Waals surface area contributed by atoms with Gasteiger partial charge in [0.1, 0.15) is 0 Å². The minimum Gasteiger partial charge on any atom is -0.355 e. The molecule has 0 radical (unpaired) electrons. The predicted molar refractivity (Wildman–Crippen MR) is 99.9 cm³/mol. The fourth-order valence-corrected chi connectivity index (χ4v) is 3.45. The lowest BCUT2D eigenvalue weighted by molar-refractivity contribution is -0.121. The first kappa shape index (κ1) is 19.4. The van der Waals surface area contributed by atoms with Gasteiger partial charge in [0.05, 0.1) is 22.4 Å². The zero-order valence-electron chi connectivity index (χ0n) is 14.1. The van der Waals surface area contributed by atoms with Gasteiger partial charge in [-0.1, -0.05) is 49.3 Å². The summed E-state index contributed by atoms with van der Waals surface area (Å²) in [6.07, 6.45) is 0.203. The maximum Gasteiger partial charge on any atom is 0.230 e. The average Bonchev–Trinajstić information content (AvgIpc) is 2.58. The van der Waals surface area contributed by atoms with Crippen molar-refractivity contribution in [1.29, 1.82) is 5.26 Å². The van der Waals surface area contributed by atoms with E-state index in [0.29, 0.717) is 28.1 Å². The van der Waals surface area contributed by atoms with Gasteiger partial charge in [-0.05, 0) is 23.6 Å². The van der Waals surface area contributed by atoms with E-state index in [1.807, 2.05) is 26.0 Å². The molecule has 2 rings (SSSR count). The second kappa shape index (κ2) is 8.93. The van der Waals surface area contributed by atoms with Crippen molar-refractivity contribution in [3.63, 3.8) is 0 Å². The summed E-state index contributed by atoms with van der Waals surface area (Å²) in [6.45, 7) is 4.63. The van der Waals surface area contributed by atoms with Crippen LogP contribution in [0, 0.1) is 17.2 Å². The minimum absolute atomic E-state index is 0.119. The van der Waals surface area contributed by atoms with Crippen LogP contribution in [0.25, 0.3) is 0 Å². The Bertz CT molecular complexity index is 723. The van der Waals surface area contributed by atoms with E-state index in [1.165, 1.54) is 11.8 Å². The maximum absolute atomic E-state index is 12.1. The average molecular weight is 378 g/mol. The molecule has 2 amide bonds. The van der Waals surface area contributed by atoms with Crippen LogP contribution in [0.2, 0.25) is 5.02 Å². The second-order valence-electron chi connectivity index (χ2n) is 6.20. The van der Waals surface area contributed by atoms with Crippen molar-refractivity contribution in [3.8, 4) is 6.07 Å². The van der Waals surface area contributed by atoms with Crippen molar-refractivity contribution >= 4 is 35.2 Å². The number of amides is 2. The van der Waals surface area contributed by atoms with E-state index in [4.69, 9.17) is 11.6 Å². The van der Waals surface area contributed by atoms with Crippen LogP contribution in [-0.4, -0.2) is 24.1 Å². The van der Waals surface area contributed by atoms with Crippen LogP contribution in [0.4, 0.5) is 0 Å². The number of rotatable bonds is 6. The van der Waals surface area contributed by atoms with Gasteiger partial charge < -0.3 is 10.6 Å². The van der Waals surface area contributed by atoms with Gasteiger partial charge in [-0.3, -0.25) is 9.59 Å². The summed E-state index contributed by atoms with van der Waals surface area (Å²) in [4.78, 5) is 23.9. The molecule has 132 valence electrons. The van der Waals surface area contributed by atoms with Crippen LogP contribution in [-0.2, 0) is 9.59 Å². The summed E-state index contributed by atoms with van der Waals surface area (Å²) >= 11 is 7.09. The lowest BCUT2D eigenvalue weighted by Gasteiger charge is -2.25. The van der Waals surface area contributed by atoms with Crippen LogP contribution >= 0.6 is 23.4 Å². The van der Waals surface area contributed by atoms with Crippen molar-refractivity contribution in [3.05, 3.63) is 45.5 Å². The summed E-state index contributed by atoms with van der Waals surface area (Å²) in [5.74, 6) is -0.0833. The lowest BCUT2D eigenvalue weighted by Crippen LogP contribution is -2.33. The van der Waals surface area contributed by atoms with E-state index in [0.717, 1.165) is 5.56 Å². The van der Waals surface area contributed by atoms with E-state index in [9.17, 15) is 14.9 Å². The molecule has 25 heavy (non-hydrogen) atoms. The van der Waals surface area contributed by atoms with Gasteiger partial charge in [-0.2, -0.15) is 5.26 Å². The molecule has 0 saturated carbocycles. The molecule has 0 aliphatic carbocycles. The number of allylic oxidation sites excluding steroid dienone is 1. The minimum atomic E-state index is -0.322. The van der Waals surface area contributed by atoms with Gasteiger partial charge in [0.2, 0.25) is 11.8 Å². The topological polar surface area (TPSA) is 82.0 Å². The van der Waals surface area contributed by atoms with Gasteiger partial charge in [0.15, 0.2) is 0 Å². The van der Waals surface area contributed by atoms with Crippen LogP contribution < -0.4 is 10.6 Å². The molecule has 1 aliphatic rings. The molecule has 1 heterocycles. The quantitative estimate of drug-likeness (QED) is 0.797. The third-order valence-electron chi connectivity index (χ3n) is 3.68. The van der Waals surface area contributed by atoms with Gasteiger partial charge in [-0.15, -0.1) is 0 Å². The number of benzene rings is 1. The van der Waals surface area contributed by atoms with Gasteiger partial charge in [0.25, 0.3) is 0 Å². The van der Waals surface area contributed by atoms with Crippen molar-refractivity contribution in [1.82, 2.24) is 10.6 Å². The Morgan fingerprint density at radius 1 is 1.44 bits per heavy atom. The van der Waals surface area contributed by atoms with Crippen LogP contribution in [0.15, 0.2) is 34.9 Å². The SMILES string of the molecule is CC(C)CNC(=O)CSC1=C(C#N)[C@H](c2ccc(Cl)cc2)CC(=O)N1. The highest BCUT2D eigenvalue weighted by molar-refractivity contribution is 8.03. The summed E-state index contributed by atoms with van der Waals surface area (Å²) in [7, 11) is 0. The molecule has 7 heteroatoms. The molecule has 1 aromatic carbocycles. The number of carbonyl (C=O) groups excluding carboxylic acids is 2. The number of nitrogens with one attached hydrogen (secondary N) is 2. The summed E-state index contributed by atoms with van der Waals surface area (Å²) < 4.78 is 0. The van der Waals surface area contributed by atoms with Gasteiger partial charge in [-0.25, -0.2) is 0 Å². The molecule has 0 bridgehead atoms. The second-order valence-corrected chi connectivity index (χ2v) is 7.62. The van der Waals surface area contributed by atoms with Crippen molar-refractivity contribution in [2.24, 2.45) is 5.92 Å². The fourth-order valence-electron chi connectivity index (χ4n) is 2.42. The first-order valence-electron chi connectivity index (χ1n) is 7.99. The molecule has 0 saturated heterocycles. The largest absolute Gasteiger partial charge is 0.355 e. The number of carbonyl (C=O) groups is 2. The molecule has 1 aromatic rings. The third kappa shape index (κ3) is 5.52. The lowest BCUT2D eigenvalue weighted by atomic mass is 9.87. The molecule has 0 unspecified atom stereocenters. The van der Waals surface area contributed by atoms with Crippen molar-refractivity contribution < 1.29 is 9.59 Å². The van der Waals surface area contributed by atoms with Crippen LogP contribution in [0.1, 0.15) is 31.7 Å². The van der Waals surface area contributed by atoms with Crippen LogP contribution in [0.3, 0.4) is 0 Å². The first-order chi connectivity index (χ1) is 11.9. The molecule has 0 aromatic heterocycles. The Kier molecular flexibility index (Phi) is 6.91. The van der Waals surface area contributed by atoms with E-state index in [2.05, 4.69) is 16.7 Å². The number of thioether (sulfide) groups is 1. The Labute approximate surface area is 156 Å². The van der Waals surface area contributed by atoms with E-state index >= 15 is 0 Å². The van der Waals surface area contributed by atoms with Crippen molar-refractivity contribution in [2.45, 2.75) is 26.2 Å². The van der Waals surface area contributed by atoms with Gasteiger partial charge >= 0.3 is 0 Å². The summed E-state index contributed by atoms with van der Waals surface area (Å²) in [5.41, 5.74) is 1.33. The first-order valence-corrected chi connectivity index (χ1v) is 9.36. The number of halogens is 1. The standard InChI is InChI=1S/C18H20ClN3O2S/c1-11(2)9-21-17(24)10-25-18-15(8-20)14(7-16(23)22-18)12-3-5-13(19)6-4-12/h3-6,11,14H,7,9-10H2,1-2H3,(H,21,24)(H,22,23)/t14-/m0/s1. The number of nitrogens with zero attached hydrogens (tertiary/aromatic N) is 1. The smallest absolute Gasteiger partial charge is 0.230 e. The predicted octanol–water partition coefficient (Wildman–Crippen LogP) is 3.18. The molecule has 0 spiro atoms.